The zero-order chi connectivity index (χ0) is 17.9. The normalized spacial score (nSPS) is 11.5. The smallest absolute Gasteiger partial charge is 0.258 e. The van der Waals surface area contributed by atoms with Gasteiger partial charge >= 0.3 is 0 Å². The van der Waals surface area contributed by atoms with Gasteiger partial charge in [0.1, 0.15) is 5.75 Å². The molecule has 0 aliphatic heterocycles. The highest BCUT2D eigenvalue weighted by molar-refractivity contribution is 6.05. The zero-order valence-corrected chi connectivity index (χ0v) is 15.5. The van der Waals surface area contributed by atoms with Gasteiger partial charge in [0.2, 0.25) is 0 Å². The van der Waals surface area contributed by atoms with Crippen LogP contribution in [-0.4, -0.2) is 19.1 Å². The van der Waals surface area contributed by atoms with Crippen molar-refractivity contribution in [2.45, 2.75) is 46.1 Å². The second-order valence-corrected chi connectivity index (χ2v) is 7.36. The lowest BCUT2D eigenvalue weighted by Gasteiger charge is -2.21. The van der Waals surface area contributed by atoms with Crippen LogP contribution in [0.3, 0.4) is 0 Å². The van der Waals surface area contributed by atoms with E-state index in [0.717, 1.165) is 11.4 Å². The summed E-state index contributed by atoms with van der Waals surface area (Å²) in [6.45, 7) is 10.5. The summed E-state index contributed by atoms with van der Waals surface area (Å²) in [6, 6.07) is 15.5. The van der Waals surface area contributed by atoms with E-state index in [2.05, 4.69) is 20.8 Å². The van der Waals surface area contributed by atoms with Crippen molar-refractivity contribution in [3.8, 4) is 5.75 Å². The summed E-state index contributed by atoms with van der Waals surface area (Å²) in [5, 5.41) is 0. The van der Waals surface area contributed by atoms with Gasteiger partial charge in [-0.1, -0.05) is 39.0 Å². The number of ether oxygens (including phenoxy) is 1. The van der Waals surface area contributed by atoms with E-state index in [9.17, 15) is 4.79 Å². The summed E-state index contributed by atoms with van der Waals surface area (Å²) in [6.07, 6.45) is 0.103. The second-order valence-electron chi connectivity index (χ2n) is 7.36. The van der Waals surface area contributed by atoms with Crippen LogP contribution in [-0.2, 0) is 5.41 Å². The molecule has 2 rings (SSSR count). The minimum Gasteiger partial charge on any atom is -0.491 e. The summed E-state index contributed by atoms with van der Waals surface area (Å²) in [5.41, 5.74) is 2.79. The Labute approximate surface area is 145 Å². The first-order valence-corrected chi connectivity index (χ1v) is 8.34. The van der Waals surface area contributed by atoms with Gasteiger partial charge in [0.15, 0.2) is 0 Å². The standard InChI is InChI=1S/C21H27NO2/c1-15(2)24-19-9-7-8-18(14-19)22(6)20(23)16-10-12-17(13-11-16)21(3,4)5/h7-15H,1-6H3. The maximum absolute atomic E-state index is 12.7. The van der Waals surface area contributed by atoms with Crippen LogP contribution in [0.4, 0.5) is 5.69 Å². The molecule has 128 valence electrons. The predicted octanol–water partition coefficient (Wildman–Crippen LogP) is 5.05. The molecular weight excluding hydrogens is 298 g/mol. The van der Waals surface area contributed by atoms with E-state index >= 15 is 0 Å². The Kier molecular flexibility index (Phi) is 5.33. The first-order valence-electron chi connectivity index (χ1n) is 8.34. The lowest BCUT2D eigenvalue weighted by atomic mass is 9.86. The average Bonchev–Trinajstić information content (AvgIpc) is 2.52. The number of carbonyl (C=O) groups excluding carboxylic acids is 1. The lowest BCUT2D eigenvalue weighted by molar-refractivity contribution is 0.0993. The van der Waals surface area contributed by atoms with Gasteiger partial charge in [-0.05, 0) is 49.1 Å². The molecule has 0 saturated heterocycles. The molecule has 0 spiro atoms. The fourth-order valence-corrected chi connectivity index (χ4v) is 2.46. The van der Waals surface area contributed by atoms with Crippen molar-refractivity contribution in [3.05, 3.63) is 59.7 Å². The number of hydrogen-bond acceptors (Lipinski definition) is 2. The topological polar surface area (TPSA) is 29.5 Å². The molecule has 0 aliphatic rings. The molecule has 24 heavy (non-hydrogen) atoms. The number of nitrogens with zero attached hydrogens (tertiary/aromatic N) is 1. The highest BCUT2D eigenvalue weighted by Crippen LogP contribution is 2.25. The van der Waals surface area contributed by atoms with Crippen LogP contribution >= 0.6 is 0 Å². The molecule has 0 fully saturated rings. The van der Waals surface area contributed by atoms with Crippen molar-refractivity contribution in [3.63, 3.8) is 0 Å². The maximum Gasteiger partial charge on any atom is 0.258 e. The Balaban J connectivity index is 2.20. The summed E-state index contributed by atoms with van der Waals surface area (Å²) in [7, 11) is 1.79. The molecule has 0 bridgehead atoms. The zero-order valence-electron chi connectivity index (χ0n) is 15.5. The fraction of sp³-hybridized carbons (Fsp3) is 0.381. The van der Waals surface area contributed by atoms with Gasteiger partial charge in [-0.3, -0.25) is 4.79 Å². The Morgan fingerprint density at radius 2 is 1.67 bits per heavy atom. The molecule has 0 radical (unpaired) electrons. The second kappa shape index (κ2) is 7.08. The van der Waals surface area contributed by atoms with Gasteiger partial charge in [-0.15, -0.1) is 0 Å². The molecule has 0 atom stereocenters. The van der Waals surface area contributed by atoms with Crippen LogP contribution in [0, 0.1) is 0 Å². The van der Waals surface area contributed by atoms with Gasteiger partial charge in [-0.25, -0.2) is 0 Å². The molecule has 3 nitrogen and oxygen atoms in total. The highest BCUT2D eigenvalue weighted by Gasteiger charge is 2.17. The molecule has 2 aromatic carbocycles. The van der Waals surface area contributed by atoms with Crippen molar-refractivity contribution in [1.82, 2.24) is 0 Å². The van der Waals surface area contributed by atoms with E-state index in [1.165, 1.54) is 5.56 Å². The van der Waals surface area contributed by atoms with Crippen LogP contribution < -0.4 is 9.64 Å². The number of carbonyl (C=O) groups is 1. The molecule has 0 unspecified atom stereocenters. The Morgan fingerprint density at radius 3 is 2.21 bits per heavy atom. The Morgan fingerprint density at radius 1 is 1.04 bits per heavy atom. The number of benzene rings is 2. The molecular formula is C21H27NO2. The number of rotatable bonds is 4. The van der Waals surface area contributed by atoms with Crippen molar-refractivity contribution in [1.29, 1.82) is 0 Å². The molecule has 1 amide bonds. The average molecular weight is 325 g/mol. The monoisotopic (exact) mass is 325 g/mol. The lowest BCUT2D eigenvalue weighted by Crippen LogP contribution is -2.26. The van der Waals surface area contributed by atoms with Crippen molar-refractivity contribution in [2.75, 3.05) is 11.9 Å². The summed E-state index contributed by atoms with van der Waals surface area (Å²) >= 11 is 0. The minimum atomic E-state index is -0.0304. The van der Waals surface area contributed by atoms with Gasteiger partial charge in [0, 0.05) is 24.4 Å². The largest absolute Gasteiger partial charge is 0.491 e. The third kappa shape index (κ3) is 4.38. The van der Waals surface area contributed by atoms with Gasteiger partial charge in [-0.2, -0.15) is 0 Å². The van der Waals surface area contributed by atoms with Crippen LogP contribution in [0.5, 0.6) is 5.75 Å². The SMILES string of the molecule is CC(C)Oc1cccc(N(C)C(=O)c2ccc(C(C)(C)C)cc2)c1. The van der Waals surface area contributed by atoms with E-state index in [1.807, 2.05) is 62.4 Å². The van der Waals surface area contributed by atoms with Crippen LogP contribution in [0.15, 0.2) is 48.5 Å². The van der Waals surface area contributed by atoms with Gasteiger partial charge < -0.3 is 9.64 Å². The highest BCUT2D eigenvalue weighted by atomic mass is 16.5. The third-order valence-electron chi connectivity index (χ3n) is 3.88. The van der Waals surface area contributed by atoms with Crippen LogP contribution in [0.2, 0.25) is 0 Å². The molecule has 0 N–H and O–H groups in total. The summed E-state index contributed by atoms with van der Waals surface area (Å²) in [5.74, 6) is 0.738. The van der Waals surface area contributed by atoms with E-state index in [0.29, 0.717) is 5.56 Å². The predicted molar refractivity (Wildman–Crippen MR) is 100 cm³/mol. The van der Waals surface area contributed by atoms with Gasteiger partial charge in [0.25, 0.3) is 5.91 Å². The Bertz CT molecular complexity index is 697. The molecule has 0 aliphatic carbocycles. The van der Waals surface area contributed by atoms with Crippen molar-refractivity contribution >= 4 is 11.6 Å². The molecule has 0 aromatic heterocycles. The quantitative estimate of drug-likeness (QED) is 0.787. The van der Waals surface area contributed by atoms with E-state index in [4.69, 9.17) is 4.74 Å². The van der Waals surface area contributed by atoms with Crippen molar-refractivity contribution < 1.29 is 9.53 Å². The summed E-state index contributed by atoms with van der Waals surface area (Å²) in [4.78, 5) is 14.4. The number of amides is 1. The molecule has 0 heterocycles. The number of anilines is 1. The van der Waals surface area contributed by atoms with Crippen LogP contribution in [0.1, 0.15) is 50.5 Å². The van der Waals surface area contributed by atoms with E-state index in [-0.39, 0.29) is 17.4 Å². The van der Waals surface area contributed by atoms with Crippen LogP contribution in [0.25, 0.3) is 0 Å². The maximum atomic E-state index is 12.7. The molecule has 2 aromatic rings. The molecule has 0 saturated carbocycles. The fourth-order valence-electron chi connectivity index (χ4n) is 2.46. The third-order valence-corrected chi connectivity index (χ3v) is 3.88. The summed E-state index contributed by atoms with van der Waals surface area (Å²) < 4.78 is 5.71. The minimum absolute atomic E-state index is 0.0304. The molecule has 3 heteroatoms. The van der Waals surface area contributed by atoms with Gasteiger partial charge in [0.05, 0.1) is 6.10 Å². The van der Waals surface area contributed by atoms with E-state index < -0.39 is 0 Å². The number of hydrogen-bond donors (Lipinski definition) is 0. The first kappa shape index (κ1) is 18.1. The Hall–Kier alpha value is -2.29. The van der Waals surface area contributed by atoms with E-state index in [1.54, 1.807) is 11.9 Å². The first-order chi connectivity index (χ1) is 11.2. The van der Waals surface area contributed by atoms with Crippen molar-refractivity contribution in [2.24, 2.45) is 0 Å².